The number of carbonyl (C=O) groups excluding carboxylic acids is 1. The lowest BCUT2D eigenvalue weighted by atomic mass is 10.2. The van der Waals surface area contributed by atoms with Gasteiger partial charge in [-0.1, -0.05) is 12.6 Å². The number of hydrogen-bond acceptors (Lipinski definition) is 8. The number of anilines is 3. The highest BCUT2D eigenvalue weighted by Gasteiger charge is 2.16. The van der Waals surface area contributed by atoms with Crippen molar-refractivity contribution in [3.05, 3.63) is 67.4 Å². The van der Waals surface area contributed by atoms with Gasteiger partial charge in [0.2, 0.25) is 11.9 Å². The molecule has 1 amide bonds. The highest BCUT2D eigenvalue weighted by Crippen LogP contribution is 2.38. The van der Waals surface area contributed by atoms with Crippen molar-refractivity contribution in [3.8, 4) is 17.2 Å². The SMILES string of the molecule is C=CC(=O)Nc1cc(Nc2ncc3ncn(-c4cccc(F)c4)c3n2)c(OC)cc1OCCN(C)C. The summed E-state index contributed by atoms with van der Waals surface area (Å²) in [6.07, 6.45) is 4.29. The molecule has 0 unspecified atom stereocenters. The lowest BCUT2D eigenvalue weighted by Crippen LogP contribution is -2.20. The molecule has 0 saturated carbocycles. The average Bonchev–Trinajstić information content (AvgIpc) is 3.28. The molecule has 0 spiro atoms. The first-order valence-electron chi connectivity index (χ1n) is 11.0. The highest BCUT2D eigenvalue weighted by atomic mass is 19.1. The minimum absolute atomic E-state index is 0.251. The lowest BCUT2D eigenvalue weighted by molar-refractivity contribution is -0.111. The van der Waals surface area contributed by atoms with E-state index in [1.165, 1.54) is 25.3 Å². The van der Waals surface area contributed by atoms with Crippen LogP contribution in [0.4, 0.5) is 21.7 Å². The molecular formula is C25H26FN7O3. The molecule has 2 aromatic carbocycles. The largest absolute Gasteiger partial charge is 0.494 e. The van der Waals surface area contributed by atoms with Gasteiger partial charge in [-0.15, -0.1) is 0 Å². The van der Waals surface area contributed by atoms with Crippen molar-refractivity contribution in [2.45, 2.75) is 0 Å². The van der Waals surface area contributed by atoms with E-state index in [0.29, 0.717) is 52.9 Å². The van der Waals surface area contributed by atoms with Gasteiger partial charge >= 0.3 is 0 Å². The van der Waals surface area contributed by atoms with E-state index >= 15 is 0 Å². The van der Waals surface area contributed by atoms with Gasteiger partial charge in [-0.3, -0.25) is 9.36 Å². The number of carbonyl (C=O) groups is 1. The number of rotatable bonds is 10. The maximum absolute atomic E-state index is 13.8. The summed E-state index contributed by atoms with van der Waals surface area (Å²) in [5.74, 6) is 0.388. The number of nitrogens with one attached hydrogen (secondary N) is 2. The van der Waals surface area contributed by atoms with Crippen molar-refractivity contribution in [2.75, 3.05) is 45.0 Å². The molecule has 0 radical (unpaired) electrons. The Labute approximate surface area is 207 Å². The standard InChI is InChI=1S/C25H26FN7O3/c1-5-23(34)29-19-12-18(21(35-4)13-22(19)36-10-9-32(2)3)30-25-27-14-20-24(31-25)33(15-28-20)17-8-6-7-16(26)11-17/h5-8,11-15H,1,9-10H2,2-4H3,(H,29,34)(H,27,30,31). The number of ether oxygens (including phenoxy) is 2. The number of methoxy groups -OCH3 is 1. The fraction of sp³-hybridized carbons (Fsp3) is 0.200. The zero-order valence-corrected chi connectivity index (χ0v) is 20.2. The molecule has 186 valence electrons. The number of fused-ring (bicyclic) bond motifs is 1. The lowest BCUT2D eigenvalue weighted by Gasteiger charge is -2.18. The first kappa shape index (κ1) is 24.6. The molecule has 0 fully saturated rings. The monoisotopic (exact) mass is 491 g/mol. The summed E-state index contributed by atoms with van der Waals surface area (Å²) in [6.45, 7) is 4.60. The van der Waals surface area contributed by atoms with E-state index in [-0.39, 0.29) is 17.7 Å². The third-order valence-corrected chi connectivity index (χ3v) is 5.16. The topological polar surface area (TPSA) is 106 Å². The number of halogens is 1. The summed E-state index contributed by atoms with van der Waals surface area (Å²) in [5.41, 5.74) is 2.52. The maximum atomic E-state index is 13.8. The van der Waals surface area contributed by atoms with Crippen molar-refractivity contribution in [2.24, 2.45) is 0 Å². The summed E-state index contributed by atoms with van der Waals surface area (Å²) in [5, 5.41) is 5.88. The minimum Gasteiger partial charge on any atom is -0.494 e. The van der Waals surface area contributed by atoms with E-state index in [1.54, 1.807) is 41.4 Å². The highest BCUT2D eigenvalue weighted by molar-refractivity contribution is 6.00. The van der Waals surface area contributed by atoms with E-state index in [9.17, 15) is 9.18 Å². The first-order chi connectivity index (χ1) is 17.4. The number of benzene rings is 2. The molecule has 11 heteroatoms. The van der Waals surface area contributed by atoms with Gasteiger partial charge in [0.1, 0.15) is 35.8 Å². The van der Waals surface area contributed by atoms with Crippen molar-refractivity contribution in [1.82, 2.24) is 24.4 Å². The number of aromatic nitrogens is 4. The van der Waals surface area contributed by atoms with E-state index < -0.39 is 0 Å². The van der Waals surface area contributed by atoms with Gasteiger partial charge < -0.3 is 25.0 Å². The third kappa shape index (κ3) is 5.58. The van der Waals surface area contributed by atoms with Gasteiger partial charge in [-0.05, 0) is 44.4 Å². The second kappa shape index (κ2) is 10.8. The van der Waals surface area contributed by atoms with E-state index in [2.05, 4.69) is 32.2 Å². The van der Waals surface area contributed by atoms with Gasteiger partial charge in [-0.2, -0.15) is 4.98 Å². The normalized spacial score (nSPS) is 10.9. The summed E-state index contributed by atoms with van der Waals surface area (Å²) in [7, 11) is 5.40. The summed E-state index contributed by atoms with van der Waals surface area (Å²) in [6, 6.07) is 9.47. The van der Waals surface area contributed by atoms with Gasteiger partial charge in [0.25, 0.3) is 0 Å². The Morgan fingerprint density at radius 1 is 1.19 bits per heavy atom. The summed E-state index contributed by atoms with van der Waals surface area (Å²) < 4.78 is 26.9. The van der Waals surface area contributed by atoms with Crippen molar-refractivity contribution in [3.63, 3.8) is 0 Å². The van der Waals surface area contributed by atoms with Crippen LogP contribution in [0.2, 0.25) is 0 Å². The summed E-state index contributed by atoms with van der Waals surface area (Å²) in [4.78, 5) is 27.2. The quantitative estimate of drug-likeness (QED) is 0.323. The Morgan fingerprint density at radius 3 is 2.75 bits per heavy atom. The van der Waals surface area contributed by atoms with E-state index in [0.717, 1.165) is 0 Å². The Bertz CT molecular complexity index is 1400. The molecule has 0 bridgehead atoms. The minimum atomic E-state index is -0.389. The smallest absolute Gasteiger partial charge is 0.247 e. The Morgan fingerprint density at radius 2 is 2.03 bits per heavy atom. The molecule has 2 aromatic heterocycles. The van der Waals surface area contributed by atoms with Gasteiger partial charge in [0.05, 0.1) is 30.4 Å². The van der Waals surface area contributed by atoms with Gasteiger partial charge in [-0.25, -0.2) is 14.4 Å². The molecular weight excluding hydrogens is 465 g/mol. The average molecular weight is 492 g/mol. The number of likely N-dealkylation sites (N-methyl/N-ethyl adjacent to an activating group) is 1. The molecule has 2 heterocycles. The van der Waals surface area contributed by atoms with Crippen molar-refractivity contribution < 1.29 is 18.7 Å². The Kier molecular flexibility index (Phi) is 7.40. The van der Waals surface area contributed by atoms with Crippen LogP contribution in [0.25, 0.3) is 16.9 Å². The molecule has 2 N–H and O–H groups in total. The molecule has 4 aromatic rings. The Balaban J connectivity index is 1.69. The third-order valence-electron chi connectivity index (χ3n) is 5.16. The fourth-order valence-corrected chi connectivity index (χ4v) is 3.37. The fourth-order valence-electron chi connectivity index (χ4n) is 3.37. The Hall–Kier alpha value is -4.51. The molecule has 0 saturated heterocycles. The molecule has 4 rings (SSSR count). The van der Waals surface area contributed by atoms with E-state index in [4.69, 9.17) is 9.47 Å². The van der Waals surface area contributed by atoms with Crippen molar-refractivity contribution >= 4 is 34.4 Å². The maximum Gasteiger partial charge on any atom is 0.247 e. The number of nitrogens with zero attached hydrogens (tertiary/aromatic N) is 5. The molecule has 0 aliphatic rings. The zero-order valence-electron chi connectivity index (χ0n) is 20.2. The number of amides is 1. The van der Waals surface area contributed by atoms with Crippen LogP contribution in [0.15, 0.2) is 61.6 Å². The van der Waals surface area contributed by atoms with Gasteiger partial charge in [0.15, 0.2) is 5.65 Å². The second-order valence-corrected chi connectivity index (χ2v) is 8.02. The van der Waals surface area contributed by atoms with Crippen LogP contribution in [0.1, 0.15) is 0 Å². The van der Waals surface area contributed by atoms with Crippen LogP contribution in [0.3, 0.4) is 0 Å². The first-order valence-corrected chi connectivity index (χ1v) is 11.0. The predicted octanol–water partition coefficient (Wildman–Crippen LogP) is 3.77. The molecule has 0 atom stereocenters. The van der Waals surface area contributed by atoms with Crippen LogP contribution in [-0.2, 0) is 4.79 Å². The molecule has 0 aliphatic carbocycles. The number of imidazole rings is 1. The van der Waals surface area contributed by atoms with Crippen LogP contribution in [0, 0.1) is 5.82 Å². The molecule has 10 nitrogen and oxygen atoms in total. The zero-order chi connectivity index (χ0) is 25.7. The van der Waals surface area contributed by atoms with Crippen LogP contribution < -0.4 is 20.1 Å². The van der Waals surface area contributed by atoms with Gasteiger partial charge in [0, 0.05) is 12.6 Å². The van der Waals surface area contributed by atoms with Crippen LogP contribution in [0.5, 0.6) is 11.5 Å². The molecule has 36 heavy (non-hydrogen) atoms. The van der Waals surface area contributed by atoms with Crippen molar-refractivity contribution in [1.29, 1.82) is 0 Å². The van der Waals surface area contributed by atoms with E-state index in [1.807, 2.05) is 19.0 Å². The summed E-state index contributed by atoms with van der Waals surface area (Å²) >= 11 is 0. The predicted molar refractivity (Wildman–Crippen MR) is 136 cm³/mol. The van der Waals surface area contributed by atoms with Crippen LogP contribution in [-0.4, -0.2) is 64.7 Å². The second-order valence-electron chi connectivity index (χ2n) is 8.02. The van der Waals surface area contributed by atoms with Crippen LogP contribution >= 0.6 is 0 Å². The number of hydrogen-bond donors (Lipinski definition) is 2. The molecule has 0 aliphatic heterocycles.